The van der Waals surface area contributed by atoms with Gasteiger partial charge in [-0.3, -0.25) is 14.5 Å². The summed E-state index contributed by atoms with van der Waals surface area (Å²) in [5.74, 6) is 0.614. The molecule has 1 saturated heterocycles. The summed E-state index contributed by atoms with van der Waals surface area (Å²) in [7, 11) is 2.94. The third kappa shape index (κ3) is 3.36. The summed E-state index contributed by atoms with van der Waals surface area (Å²) in [6.07, 6.45) is 1.63. The largest absolute Gasteiger partial charge is 0.493 e. The second kappa shape index (κ2) is 7.02. The second-order valence-electron chi connectivity index (χ2n) is 4.22. The summed E-state index contributed by atoms with van der Waals surface area (Å²) < 4.78 is 11.3. The molecule has 1 fully saturated rings. The average molecular weight is 430 g/mol. The van der Waals surface area contributed by atoms with Gasteiger partial charge in [-0.05, 0) is 58.1 Å². The molecule has 0 aliphatic carbocycles. The van der Waals surface area contributed by atoms with Gasteiger partial charge in [-0.15, -0.1) is 0 Å². The molecule has 0 spiro atoms. The van der Waals surface area contributed by atoms with Gasteiger partial charge in [0.25, 0.3) is 11.1 Å². The van der Waals surface area contributed by atoms with Crippen LogP contribution in [-0.2, 0) is 4.79 Å². The summed E-state index contributed by atoms with van der Waals surface area (Å²) in [5.41, 5.74) is 0.713. The standard InChI is InChI=1S/C14H11IN2O4S/c1-17-13(18)11(22-14(17)19)7-8-5-9(15)12(21-4-3-16)10(6-8)20-2/h5-7H,4H2,1-2H3/b11-7-. The lowest BCUT2D eigenvalue weighted by atomic mass is 10.2. The normalized spacial score (nSPS) is 16.1. The monoisotopic (exact) mass is 430 g/mol. The Morgan fingerprint density at radius 2 is 2.18 bits per heavy atom. The summed E-state index contributed by atoms with van der Waals surface area (Å²) in [5, 5.41) is 8.30. The van der Waals surface area contributed by atoms with E-state index in [4.69, 9.17) is 14.7 Å². The molecule has 6 nitrogen and oxygen atoms in total. The summed E-state index contributed by atoms with van der Waals surface area (Å²) >= 11 is 2.96. The fraction of sp³-hybridized carbons (Fsp3) is 0.214. The van der Waals surface area contributed by atoms with Gasteiger partial charge in [0.05, 0.1) is 15.6 Å². The Labute approximate surface area is 145 Å². The third-order valence-electron chi connectivity index (χ3n) is 2.82. The molecule has 8 heteroatoms. The average Bonchev–Trinajstić information content (AvgIpc) is 2.73. The Hall–Kier alpha value is -1.73. The minimum absolute atomic E-state index is 0.0829. The van der Waals surface area contributed by atoms with E-state index < -0.39 is 0 Å². The van der Waals surface area contributed by atoms with E-state index in [2.05, 4.69) is 22.6 Å². The van der Waals surface area contributed by atoms with Crippen LogP contribution in [-0.4, -0.2) is 36.8 Å². The number of likely N-dealkylation sites (N-methyl/N-ethyl adjacent to an activating group) is 1. The maximum atomic E-state index is 11.9. The maximum Gasteiger partial charge on any atom is 0.293 e. The molecule has 0 aromatic heterocycles. The number of hydrogen-bond acceptors (Lipinski definition) is 6. The highest BCUT2D eigenvalue weighted by atomic mass is 127. The van der Waals surface area contributed by atoms with Crippen molar-refractivity contribution in [2.24, 2.45) is 0 Å². The van der Waals surface area contributed by atoms with Crippen LogP contribution in [0.2, 0.25) is 0 Å². The summed E-state index contributed by atoms with van der Waals surface area (Å²) in [4.78, 5) is 24.8. The molecule has 0 atom stereocenters. The van der Waals surface area contributed by atoms with Gasteiger partial charge < -0.3 is 9.47 Å². The minimum Gasteiger partial charge on any atom is -0.493 e. The quantitative estimate of drug-likeness (QED) is 0.540. The van der Waals surface area contributed by atoms with Crippen LogP contribution >= 0.6 is 34.4 Å². The van der Waals surface area contributed by atoms with Gasteiger partial charge in [0.15, 0.2) is 18.1 Å². The lowest BCUT2D eigenvalue weighted by Gasteiger charge is -2.11. The van der Waals surface area contributed by atoms with Crippen molar-refractivity contribution in [1.29, 1.82) is 5.26 Å². The highest BCUT2D eigenvalue weighted by Crippen LogP contribution is 2.36. The van der Waals surface area contributed by atoms with Crippen LogP contribution in [0.5, 0.6) is 11.5 Å². The lowest BCUT2D eigenvalue weighted by molar-refractivity contribution is -0.121. The van der Waals surface area contributed by atoms with Crippen molar-refractivity contribution in [3.8, 4) is 17.6 Å². The van der Waals surface area contributed by atoms with Crippen LogP contribution in [0.3, 0.4) is 0 Å². The van der Waals surface area contributed by atoms with Crippen molar-refractivity contribution in [1.82, 2.24) is 4.90 Å². The number of ether oxygens (including phenoxy) is 2. The van der Waals surface area contributed by atoms with Crippen LogP contribution in [0.15, 0.2) is 17.0 Å². The number of methoxy groups -OCH3 is 1. The van der Waals surface area contributed by atoms with E-state index in [-0.39, 0.29) is 17.8 Å². The van der Waals surface area contributed by atoms with E-state index in [0.717, 1.165) is 20.2 Å². The first-order valence-corrected chi connectivity index (χ1v) is 7.96. The van der Waals surface area contributed by atoms with Crippen LogP contribution in [0.1, 0.15) is 5.56 Å². The zero-order chi connectivity index (χ0) is 16.3. The zero-order valence-corrected chi connectivity index (χ0v) is 14.7. The molecule has 1 aromatic rings. The van der Waals surface area contributed by atoms with Crippen LogP contribution in [0.4, 0.5) is 4.79 Å². The first-order chi connectivity index (χ1) is 10.5. The van der Waals surface area contributed by atoms with E-state index in [1.54, 1.807) is 18.2 Å². The van der Waals surface area contributed by atoms with E-state index in [1.807, 2.05) is 6.07 Å². The van der Waals surface area contributed by atoms with Crippen molar-refractivity contribution in [2.75, 3.05) is 20.8 Å². The number of hydrogen-bond donors (Lipinski definition) is 0. The van der Waals surface area contributed by atoms with E-state index in [9.17, 15) is 9.59 Å². The molecule has 2 rings (SSSR count). The number of carbonyl (C=O) groups is 2. The van der Waals surface area contributed by atoms with Crippen molar-refractivity contribution in [3.05, 3.63) is 26.2 Å². The zero-order valence-electron chi connectivity index (χ0n) is 11.8. The smallest absolute Gasteiger partial charge is 0.293 e. The van der Waals surface area contributed by atoms with E-state index in [0.29, 0.717) is 22.0 Å². The lowest BCUT2D eigenvalue weighted by Crippen LogP contribution is -2.22. The fourth-order valence-electron chi connectivity index (χ4n) is 1.76. The van der Waals surface area contributed by atoms with Crippen LogP contribution in [0, 0.1) is 14.9 Å². The number of rotatable bonds is 4. The molecule has 1 aliphatic rings. The molecule has 22 heavy (non-hydrogen) atoms. The summed E-state index contributed by atoms with van der Waals surface area (Å²) in [6.45, 7) is -0.0829. The van der Waals surface area contributed by atoms with Gasteiger partial charge in [0.1, 0.15) is 6.07 Å². The second-order valence-corrected chi connectivity index (χ2v) is 6.38. The predicted octanol–water partition coefficient (Wildman–Crippen LogP) is 2.87. The molecule has 2 amide bonds. The molecule has 1 aliphatic heterocycles. The molecule has 0 bridgehead atoms. The maximum absolute atomic E-state index is 11.9. The molecular formula is C14H11IN2O4S. The summed E-state index contributed by atoms with van der Waals surface area (Å²) in [6, 6.07) is 5.38. The molecular weight excluding hydrogens is 419 g/mol. The Morgan fingerprint density at radius 1 is 1.45 bits per heavy atom. The van der Waals surface area contributed by atoms with Crippen LogP contribution in [0.25, 0.3) is 6.08 Å². The van der Waals surface area contributed by atoms with Gasteiger partial charge in [-0.2, -0.15) is 5.26 Å². The van der Waals surface area contributed by atoms with E-state index in [1.165, 1.54) is 14.2 Å². The number of imide groups is 1. The molecule has 0 saturated carbocycles. The molecule has 1 aromatic carbocycles. The number of nitriles is 1. The molecule has 0 N–H and O–H groups in total. The third-order valence-corrected chi connectivity index (χ3v) is 4.58. The van der Waals surface area contributed by atoms with Gasteiger partial charge >= 0.3 is 0 Å². The number of amides is 2. The molecule has 114 valence electrons. The Morgan fingerprint density at radius 3 is 2.73 bits per heavy atom. The minimum atomic E-state index is -0.325. The van der Waals surface area contributed by atoms with Crippen molar-refractivity contribution in [3.63, 3.8) is 0 Å². The first kappa shape index (κ1) is 16.6. The van der Waals surface area contributed by atoms with Gasteiger partial charge in [-0.1, -0.05) is 0 Å². The highest BCUT2D eigenvalue weighted by Gasteiger charge is 2.31. The first-order valence-electron chi connectivity index (χ1n) is 6.06. The number of benzene rings is 1. The Bertz CT molecular complexity index is 712. The van der Waals surface area contributed by atoms with Gasteiger partial charge in [0.2, 0.25) is 0 Å². The highest BCUT2D eigenvalue weighted by molar-refractivity contribution is 14.1. The van der Waals surface area contributed by atoms with Crippen molar-refractivity contribution >= 4 is 51.6 Å². The SMILES string of the molecule is COc1cc(/C=C2\SC(=O)N(C)C2=O)cc(I)c1OCC#N. The Balaban J connectivity index is 2.38. The number of nitrogens with zero attached hydrogens (tertiary/aromatic N) is 2. The van der Waals surface area contributed by atoms with Crippen LogP contribution < -0.4 is 9.47 Å². The number of carbonyl (C=O) groups excluding carboxylic acids is 2. The fourth-order valence-corrected chi connectivity index (χ4v) is 3.37. The van der Waals surface area contributed by atoms with Crippen molar-refractivity contribution in [2.45, 2.75) is 0 Å². The predicted molar refractivity (Wildman–Crippen MR) is 90.6 cm³/mol. The van der Waals surface area contributed by atoms with E-state index >= 15 is 0 Å². The molecule has 0 radical (unpaired) electrons. The Kier molecular flexibility index (Phi) is 5.31. The van der Waals surface area contributed by atoms with Gasteiger partial charge in [0, 0.05) is 7.05 Å². The van der Waals surface area contributed by atoms with Crippen molar-refractivity contribution < 1.29 is 19.1 Å². The number of thioether (sulfide) groups is 1. The molecule has 1 heterocycles. The number of halogens is 1. The molecule has 0 unspecified atom stereocenters. The topological polar surface area (TPSA) is 79.6 Å². The van der Waals surface area contributed by atoms with Gasteiger partial charge in [-0.25, -0.2) is 0 Å².